The van der Waals surface area contributed by atoms with Gasteiger partial charge in [-0.2, -0.15) is 4.98 Å². The average Bonchev–Trinajstić information content (AvgIpc) is 3.76. The summed E-state index contributed by atoms with van der Waals surface area (Å²) >= 11 is 0. The predicted octanol–water partition coefficient (Wildman–Crippen LogP) is 4.77. The number of nitrogens with zero attached hydrogens (tertiary/aromatic N) is 5. The monoisotopic (exact) mass is 567 g/mol. The maximum absolute atomic E-state index is 13.0. The van der Waals surface area contributed by atoms with Crippen molar-refractivity contribution < 1.29 is 13.6 Å². The van der Waals surface area contributed by atoms with E-state index in [0.29, 0.717) is 23.1 Å². The molecule has 1 aliphatic carbocycles. The topological polar surface area (TPSA) is 122 Å². The van der Waals surface area contributed by atoms with E-state index in [2.05, 4.69) is 25.1 Å². The lowest BCUT2D eigenvalue weighted by molar-refractivity contribution is 0.0815. The van der Waals surface area contributed by atoms with E-state index in [1.807, 2.05) is 30.3 Å². The first-order chi connectivity index (χ1) is 20.5. The molecule has 1 amide bonds. The second-order valence-corrected chi connectivity index (χ2v) is 11.2. The number of benzene rings is 1. The molecule has 1 saturated heterocycles. The number of aromatic nitrogens is 3. The van der Waals surface area contributed by atoms with Gasteiger partial charge in [-0.3, -0.25) is 9.59 Å². The molecule has 0 unspecified atom stereocenters. The van der Waals surface area contributed by atoms with Gasteiger partial charge in [0.2, 0.25) is 17.0 Å². The molecule has 2 aliphatic rings. The maximum Gasteiger partial charge on any atom is 0.270 e. The first-order valence-corrected chi connectivity index (χ1v) is 14.4. The molecular weight excluding hydrogens is 534 g/mol. The second-order valence-electron chi connectivity index (χ2n) is 11.2. The van der Waals surface area contributed by atoms with E-state index in [9.17, 15) is 9.59 Å². The number of furan rings is 1. The van der Waals surface area contributed by atoms with Crippen LogP contribution in [0, 0.1) is 0 Å². The summed E-state index contributed by atoms with van der Waals surface area (Å²) in [5.41, 5.74) is 4.26. The summed E-state index contributed by atoms with van der Waals surface area (Å²) in [5, 5.41) is 7.47. The van der Waals surface area contributed by atoms with Crippen molar-refractivity contribution in [1.29, 1.82) is 0 Å². The van der Waals surface area contributed by atoms with E-state index in [-0.39, 0.29) is 23.0 Å². The van der Waals surface area contributed by atoms with Crippen LogP contribution in [0.4, 0.5) is 17.5 Å². The lowest BCUT2D eigenvalue weighted by Crippen LogP contribution is -2.43. The molecule has 1 saturated carbocycles. The van der Waals surface area contributed by atoms with Gasteiger partial charge in [-0.25, -0.2) is 4.98 Å². The van der Waals surface area contributed by atoms with Gasteiger partial charge in [-0.05, 0) is 36.6 Å². The zero-order valence-electron chi connectivity index (χ0n) is 23.7. The number of carbonyl (C=O) groups excluding carboxylic acids is 1. The van der Waals surface area contributed by atoms with E-state index < -0.39 is 0 Å². The Morgan fingerprint density at radius 3 is 2.57 bits per heavy atom. The summed E-state index contributed by atoms with van der Waals surface area (Å²) in [5.74, 6) is 0.977. The normalized spacial score (nSPS) is 16.0. The zero-order chi connectivity index (χ0) is 28.8. The fraction of sp³-hybridized carbons (Fsp3) is 0.355. The lowest BCUT2D eigenvalue weighted by Gasteiger charge is -2.27. The molecule has 11 heteroatoms. The van der Waals surface area contributed by atoms with Gasteiger partial charge in [0.05, 0.1) is 11.6 Å². The molecule has 4 aromatic heterocycles. The Labute approximate surface area is 242 Å². The highest BCUT2D eigenvalue weighted by Crippen LogP contribution is 2.36. The molecule has 11 nitrogen and oxygen atoms in total. The number of hydrogen-bond donors (Lipinski definition) is 2. The van der Waals surface area contributed by atoms with Crippen LogP contribution >= 0.6 is 0 Å². The van der Waals surface area contributed by atoms with E-state index in [1.165, 1.54) is 6.07 Å². The maximum atomic E-state index is 13.0. The minimum atomic E-state index is -0.195. The smallest absolute Gasteiger partial charge is 0.270 e. The van der Waals surface area contributed by atoms with Crippen LogP contribution in [0.25, 0.3) is 33.3 Å². The zero-order valence-corrected chi connectivity index (χ0v) is 23.7. The van der Waals surface area contributed by atoms with Crippen LogP contribution in [0.3, 0.4) is 0 Å². The van der Waals surface area contributed by atoms with Gasteiger partial charge in [0.25, 0.3) is 5.91 Å². The fourth-order valence-corrected chi connectivity index (χ4v) is 6.03. The summed E-state index contributed by atoms with van der Waals surface area (Å²) in [4.78, 5) is 38.8. The van der Waals surface area contributed by atoms with Crippen LogP contribution in [0.15, 0.2) is 62.5 Å². The summed E-state index contributed by atoms with van der Waals surface area (Å²) < 4.78 is 13.9. The van der Waals surface area contributed by atoms with Crippen molar-refractivity contribution in [2.45, 2.75) is 31.7 Å². The molecule has 0 bridgehead atoms. The van der Waals surface area contributed by atoms with Crippen LogP contribution in [0.5, 0.6) is 0 Å². The second kappa shape index (κ2) is 10.6. The molecule has 5 heterocycles. The van der Waals surface area contributed by atoms with E-state index in [4.69, 9.17) is 13.8 Å². The minimum Gasteiger partial charge on any atom is -0.456 e. The van der Waals surface area contributed by atoms with Crippen molar-refractivity contribution in [1.82, 2.24) is 24.8 Å². The highest BCUT2D eigenvalue weighted by atomic mass is 16.4. The Kier molecular flexibility index (Phi) is 6.66. The summed E-state index contributed by atoms with van der Waals surface area (Å²) in [6, 6.07) is 11.4. The van der Waals surface area contributed by atoms with Crippen LogP contribution in [-0.2, 0) is 0 Å². The third-order valence-corrected chi connectivity index (χ3v) is 8.20. The van der Waals surface area contributed by atoms with Gasteiger partial charge in [0.1, 0.15) is 17.6 Å². The third kappa shape index (κ3) is 4.69. The number of amides is 1. The largest absolute Gasteiger partial charge is 0.456 e. The van der Waals surface area contributed by atoms with Gasteiger partial charge in [-0.1, -0.05) is 25.0 Å². The van der Waals surface area contributed by atoms with E-state index in [1.54, 1.807) is 31.5 Å². The summed E-state index contributed by atoms with van der Waals surface area (Å²) in [7, 11) is 3.54. The molecular formula is C31H33N7O4. The van der Waals surface area contributed by atoms with Crippen LogP contribution < -0.4 is 21.0 Å². The molecule has 42 heavy (non-hydrogen) atoms. The van der Waals surface area contributed by atoms with Crippen LogP contribution in [0.1, 0.15) is 42.2 Å². The summed E-state index contributed by atoms with van der Waals surface area (Å²) in [6.07, 6.45) is 7.70. The van der Waals surface area contributed by atoms with Crippen molar-refractivity contribution in [2.24, 2.45) is 0 Å². The van der Waals surface area contributed by atoms with Gasteiger partial charge >= 0.3 is 0 Å². The fourth-order valence-electron chi connectivity index (χ4n) is 6.03. The van der Waals surface area contributed by atoms with Crippen molar-refractivity contribution >= 4 is 45.6 Å². The summed E-state index contributed by atoms with van der Waals surface area (Å²) in [6.45, 7) is 3.22. The Hall–Kier alpha value is -4.64. The quantitative estimate of drug-likeness (QED) is 0.299. The van der Waals surface area contributed by atoms with Crippen molar-refractivity contribution in [3.05, 3.63) is 64.8 Å². The predicted molar refractivity (Wildman–Crippen MR) is 162 cm³/mol. The van der Waals surface area contributed by atoms with Crippen LogP contribution in [-0.4, -0.2) is 65.6 Å². The van der Waals surface area contributed by atoms with Crippen molar-refractivity contribution in [2.75, 3.05) is 50.5 Å². The number of nitrogens with one attached hydrogen (secondary N) is 2. The van der Waals surface area contributed by atoms with Crippen LogP contribution in [0.2, 0.25) is 0 Å². The standard InChI is InChI=1S/C31H33N7O4/c1-36(2)30(40)24-15-20-17-33-31(35-29(20)38(24)22-5-3-4-6-22)34-21-9-7-19(8-10-21)23-18-41-28-25(39)16-26(42-27(23)28)37-13-11-32-12-14-37/h7-10,15-18,22,32H,3-6,11-14H2,1-2H3,(H,33,34,35). The number of hydrogen-bond acceptors (Lipinski definition) is 9. The molecule has 0 radical (unpaired) electrons. The van der Waals surface area contributed by atoms with E-state index in [0.717, 1.165) is 79.7 Å². The van der Waals surface area contributed by atoms with Gasteiger partial charge in [0, 0.05) is 63.6 Å². The first kappa shape index (κ1) is 26.3. The van der Waals surface area contributed by atoms with Gasteiger partial charge < -0.3 is 33.8 Å². The number of piperazine rings is 1. The highest BCUT2D eigenvalue weighted by molar-refractivity contribution is 5.98. The minimum absolute atomic E-state index is 0.0346. The Morgan fingerprint density at radius 2 is 1.83 bits per heavy atom. The van der Waals surface area contributed by atoms with Crippen molar-refractivity contribution in [3.8, 4) is 11.1 Å². The highest BCUT2D eigenvalue weighted by Gasteiger charge is 2.26. The van der Waals surface area contributed by atoms with Gasteiger partial charge in [-0.15, -0.1) is 0 Å². The molecule has 0 atom stereocenters. The molecule has 216 valence electrons. The first-order valence-electron chi connectivity index (χ1n) is 14.4. The number of anilines is 3. The van der Waals surface area contributed by atoms with Crippen molar-refractivity contribution in [3.63, 3.8) is 0 Å². The SMILES string of the molecule is CN(C)C(=O)c1cc2cnc(Nc3ccc(-c4coc5c(=O)cc(N6CCNCC6)oc45)cc3)nc2n1C1CCCC1. The molecule has 2 N–H and O–H groups in total. The molecule has 1 aromatic carbocycles. The number of rotatable bonds is 6. The Bertz CT molecular complexity index is 1820. The third-order valence-electron chi connectivity index (χ3n) is 8.20. The molecule has 0 spiro atoms. The molecule has 1 aliphatic heterocycles. The van der Waals surface area contributed by atoms with Gasteiger partial charge in [0.15, 0.2) is 11.5 Å². The molecule has 2 fully saturated rings. The Balaban J connectivity index is 1.18. The molecule has 5 aromatic rings. The number of fused-ring (bicyclic) bond motifs is 2. The average molecular weight is 568 g/mol. The lowest BCUT2D eigenvalue weighted by atomic mass is 10.1. The van der Waals surface area contributed by atoms with E-state index >= 15 is 0 Å². The number of carbonyl (C=O) groups is 1. The Morgan fingerprint density at radius 1 is 1.07 bits per heavy atom. The molecule has 7 rings (SSSR count).